The maximum atomic E-state index is 11.3. The van der Waals surface area contributed by atoms with E-state index in [1.54, 1.807) is 0 Å². The van der Waals surface area contributed by atoms with Crippen molar-refractivity contribution in [2.45, 2.75) is 32.1 Å². The van der Waals surface area contributed by atoms with Gasteiger partial charge in [0.25, 0.3) is 5.91 Å². The summed E-state index contributed by atoms with van der Waals surface area (Å²) in [5.41, 5.74) is 0. The summed E-state index contributed by atoms with van der Waals surface area (Å²) in [7, 11) is 0. The molecule has 0 radical (unpaired) electrons. The van der Waals surface area contributed by atoms with Crippen molar-refractivity contribution in [2.24, 2.45) is 0 Å². The molecular weight excluding hydrogens is 210 g/mol. The molecule has 88 valence electrons. The van der Waals surface area contributed by atoms with Gasteiger partial charge in [0.2, 0.25) is 5.89 Å². The molecule has 1 fully saturated rings. The summed E-state index contributed by atoms with van der Waals surface area (Å²) < 4.78 is 10.4. The Hall–Kier alpha value is -1.43. The number of carbonyl (C=O) groups excluding carboxylic acids is 1. The van der Waals surface area contributed by atoms with Crippen LogP contribution in [-0.2, 0) is 9.53 Å². The second-order valence-electron chi connectivity index (χ2n) is 3.82. The largest absolute Gasteiger partial charge is 0.408 e. The first-order valence-electron chi connectivity index (χ1n) is 5.50. The van der Waals surface area contributed by atoms with Crippen LogP contribution in [0.25, 0.3) is 0 Å². The molecule has 1 aromatic heterocycles. The number of nitrogens with zero attached hydrogens (tertiary/aromatic N) is 2. The lowest BCUT2D eigenvalue weighted by Gasteiger charge is -2.00. The summed E-state index contributed by atoms with van der Waals surface area (Å²) in [4.78, 5) is 11.3. The Morgan fingerprint density at radius 3 is 3.06 bits per heavy atom. The molecule has 0 unspecified atom stereocenters. The van der Waals surface area contributed by atoms with Crippen molar-refractivity contribution in [2.75, 3.05) is 18.5 Å². The van der Waals surface area contributed by atoms with Gasteiger partial charge < -0.3 is 9.15 Å². The summed E-state index contributed by atoms with van der Waals surface area (Å²) in [5, 5.41) is 10.1. The number of aromatic nitrogens is 2. The van der Waals surface area contributed by atoms with Crippen LogP contribution in [0.2, 0.25) is 0 Å². The molecular formula is C10H15N3O3. The highest BCUT2D eigenvalue weighted by atomic mass is 16.5. The van der Waals surface area contributed by atoms with Crippen LogP contribution in [0, 0.1) is 0 Å². The predicted octanol–water partition coefficient (Wildman–Crippen LogP) is 1.31. The second kappa shape index (κ2) is 5.07. The van der Waals surface area contributed by atoms with Gasteiger partial charge in [-0.25, -0.2) is 0 Å². The summed E-state index contributed by atoms with van der Waals surface area (Å²) in [6.07, 6.45) is 3.07. The van der Waals surface area contributed by atoms with Crippen molar-refractivity contribution in [3.63, 3.8) is 0 Å². The van der Waals surface area contributed by atoms with Gasteiger partial charge >= 0.3 is 6.01 Å². The Morgan fingerprint density at radius 1 is 1.56 bits per heavy atom. The first-order chi connectivity index (χ1) is 7.79. The smallest absolute Gasteiger partial charge is 0.322 e. The Morgan fingerprint density at radius 2 is 2.38 bits per heavy atom. The maximum absolute atomic E-state index is 11.3. The number of nitrogens with one attached hydrogen (secondary N) is 1. The van der Waals surface area contributed by atoms with E-state index in [0.717, 1.165) is 19.3 Å². The zero-order chi connectivity index (χ0) is 11.4. The third-order valence-corrected chi connectivity index (χ3v) is 2.20. The van der Waals surface area contributed by atoms with Crippen LogP contribution < -0.4 is 5.32 Å². The zero-order valence-corrected chi connectivity index (χ0v) is 9.23. The number of carbonyl (C=O) groups is 1. The van der Waals surface area contributed by atoms with Crippen LogP contribution in [0.5, 0.6) is 0 Å². The van der Waals surface area contributed by atoms with Gasteiger partial charge in [-0.15, -0.1) is 5.10 Å². The van der Waals surface area contributed by atoms with Gasteiger partial charge in [0, 0.05) is 12.5 Å². The minimum Gasteiger partial charge on any atom is -0.408 e. The van der Waals surface area contributed by atoms with E-state index >= 15 is 0 Å². The molecule has 1 amide bonds. The van der Waals surface area contributed by atoms with E-state index in [2.05, 4.69) is 15.5 Å². The molecule has 1 N–H and O–H groups in total. The third kappa shape index (κ3) is 3.03. The standard InChI is InChI=1S/C10H15N3O3/c1-2-5-15-6-8(14)11-10-13-12-9(16-10)7-3-4-7/h7H,2-6H2,1H3,(H,11,13,14). The van der Waals surface area contributed by atoms with Crippen LogP contribution in [0.1, 0.15) is 38.0 Å². The number of rotatable bonds is 6. The molecule has 0 bridgehead atoms. The Kier molecular flexibility index (Phi) is 3.51. The maximum Gasteiger partial charge on any atom is 0.322 e. The molecule has 1 aromatic rings. The normalized spacial score (nSPS) is 15.1. The second-order valence-corrected chi connectivity index (χ2v) is 3.82. The van der Waals surface area contributed by atoms with Crippen LogP contribution in [0.3, 0.4) is 0 Å². The minimum atomic E-state index is -0.264. The Bertz CT molecular complexity index is 360. The molecule has 1 heterocycles. The van der Waals surface area contributed by atoms with Crippen LogP contribution in [-0.4, -0.2) is 29.3 Å². The molecule has 0 atom stereocenters. The van der Waals surface area contributed by atoms with Crippen LogP contribution >= 0.6 is 0 Å². The van der Waals surface area contributed by atoms with Crippen molar-refractivity contribution in [3.8, 4) is 0 Å². The molecule has 16 heavy (non-hydrogen) atoms. The highest BCUT2D eigenvalue weighted by Crippen LogP contribution is 2.39. The monoisotopic (exact) mass is 225 g/mol. The average Bonchev–Trinajstić information content (AvgIpc) is 3.01. The SMILES string of the molecule is CCCOCC(=O)Nc1nnc(C2CC2)o1. The molecule has 0 spiro atoms. The highest BCUT2D eigenvalue weighted by molar-refractivity contribution is 5.89. The van der Waals surface area contributed by atoms with E-state index in [1.165, 1.54) is 0 Å². The van der Waals surface area contributed by atoms with Gasteiger partial charge in [0.1, 0.15) is 6.61 Å². The summed E-state index contributed by atoms with van der Waals surface area (Å²) in [5.74, 6) is 0.749. The minimum absolute atomic E-state index is 0.0228. The molecule has 6 heteroatoms. The summed E-state index contributed by atoms with van der Waals surface area (Å²) >= 11 is 0. The number of hydrogen-bond donors (Lipinski definition) is 1. The number of ether oxygens (including phenoxy) is 1. The van der Waals surface area contributed by atoms with Gasteiger partial charge in [-0.3, -0.25) is 10.1 Å². The van der Waals surface area contributed by atoms with Crippen LogP contribution in [0.4, 0.5) is 6.01 Å². The molecule has 0 saturated heterocycles. The topological polar surface area (TPSA) is 77.2 Å². The van der Waals surface area contributed by atoms with Crippen molar-refractivity contribution >= 4 is 11.9 Å². The fraction of sp³-hybridized carbons (Fsp3) is 0.700. The van der Waals surface area contributed by atoms with Gasteiger partial charge in [-0.05, 0) is 19.3 Å². The molecule has 0 aromatic carbocycles. The Balaban J connectivity index is 1.76. The van der Waals surface area contributed by atoms with Crippen molar-refractivity contribution in [1.29, 1.82) is 0 Å². The van der Waals surface area contributed by atoms with E-state index in [9.17, 15) is 4.79 Å². The van der Waals surface area contributed by atoms with Gasteiger partial charge in [0.05, 0.1) is 0 Å². The lowest BCUT2D eigenvalue weighted by molar-refractivity contribution is -0.120. The predicted molar refractivity (Wildman–Crippen MR) is 56.0 cm³/mol. The first kappa shape index (κ1) is 11.1. The van der Waals surface area contributed by atoms with Crippen molar-refractivity contribution in [3.05, 3.63) is 5.89 Å². The lowest BCUT2D eigenvalue weighted by Crippen LogP contribution is -2.18. The lowest BCUT2D eigenvalue weighted by atomic mass is 10.4. The zero-order valence-electron chi connectivity index (χ0n) is 9.23. The number of hydrogen-bond acceptors (Lipinski definition) is 5. The van der Waals surface area contributed by atoms with Gasteiger partial charge in [-0.1, -0.05) is 12.0 Å². The summed E-state index contributed by atoms with van der Waals surface area (Å²) in [6.45, 7) is 2.58. The van der Waals surface area contributed by atoms with E-state index in [1.807, 2.05) is 6.92 Å². The quantitative estimate of drug-likeness (QED) is 0.738. The van der Waals surface area contributed by atoms with E-state index in [4.69, 9.17) is 9.15 Å². The molecule has 1 saturated carbocycles. The molecule has 1 aliphatic carbocycles. The fourth-order valence-electron chi connectivity index (χ4n) is 1.24. The van der Waals surface area contributed by atoms with E-state index in [-0.39, 0.29) is 18.5 Å². The average molecular weight is 225 g/mol. The number of anilines is 1. The first-order valence-corrected chi connectivity index (χ1v) is 5.50. The Labute approximate surface area is 93.4 Å². The number of amides is 1. The molecule has 0 aliphatic heterocycles. The summed E-state index contributed by atoms with van der Waals surface area (Å²) in [6, 6.07) is 0.159. The third-order valence-electron chi connectivity index (χ3n) is 2.20. The fourth-order valence-corrected chi connectivity index (χ4v) is 1.24. The van der Waals surface area contributed by atoms with E-state index in [0.29, 0.717) is 18.4 Å². The molecule has 1 aliphatic rings. The van der Waals surface area contributed by atoms with Crippen LogP contribution in [0.15, 0.2) is 4.42 Å². The van der Waals surface area contributed by atoms with Crippen molar-refractivity contribution < 1.29 is 13.9 Å². The van der Waals surface area contributed by atoms with Gasteiger partial charge in [0.15, 0.2) is 0 Å². The molecule has 6 nitrogen and oxygen atoms in total. The van der Waals surface area contributed by atoms with E-state index < -0.39 is 0 Å². The van der Waals surface area contributed by atoms with Crippen molar-refractivity contribution in [1.82, 2.24) is 10.2 Å². The van der Waals surface area contributed by atoms with Gasteiger partial charge in [-0.2, -0.15) is 0 Å². The molecule has 2 rings (SSSR count). The highest BCUT2D eigenvalue weighted by Gasteiger charge is 2.29.